The van der Waals surface area contributed by atoms with Gasteiger partial charge < -0.3 is 20.1 Å². The molecule has 37 heavy (non-hydrogen) atoms. The minimum atomic E-state index is -4.80. The van der Waals surface area contributed by atoms with Gasteiger partial charge in [0.25, 0.3) is 0 Å². The van der Waals surface area contributed by atoms with Crippen molar-refractivity contribution < 1.29 is 27.5 Å². The molecular formula is C26H31F4N5O2. The predicted molar refractivity (Wildman–Crippen MR) is 129 cm³/mol. The lowest BCUT2D eigenvalue weighted by Gasteiger charge is -2.42. The van der Waals surface area contributed by atoms with E-state index in [2.05, 4.69) is 25.1 Å². The molecule has 3 aliphatic rings. The molecule has 0 bridgehead atoms. The molecule has 0 spiro atoms. The van der Waals surface area contributed by atoms with Gasteiger partial charge in [-0.25, -0.2) is 14.4 Å². The maximum absolute atomic E-state index is 14.4. The summed E-state index contributed by atoms with van der Waals surface area (Å²) in [5, 5.41) is 13.8. The Labute approximate surface area is 212 Å². The van der Waals surface area contributed by atoms with Gasteiger partial charge in [-0.1, -0.05) is 13.0 Å². The van der Waals surface area contributed by atoms with Crippen LogP contribution in [0.4, 0.5) is 23.4 Å². The van der Waals surface area contributed by atoms with E-state index in [0.717, 1.165) is 30.3 Å². The van der Waals surface area contributed by atoms with E-state index in [4.69, 9.17) is 0 Å². The molecule has 1 saturated heterocycles. The number of carbonyl (C=O) groups excluding carboxylic acids is 1. The van der Waals surface area contributed by atoms with Gasteiger partial charge in [0.1, 0.15) is 24.2 Å². The minimum absolute atomic E-state index is 0.140. The second-order valence-electron chi connectivity index (χ2n) is 10.4. The van der Waals surface area contributed by atoms with Gasteiger partial charge in [-0.3, -0.25) is 4.90 Å². The molecule has 200 valence electrons. The Hall–Kier alpha value is -2.63. The number of aldehydes is 1. The zero-order chi connectivity index (χ0) is 26.3. The molecule has 1 aromatic carbocycles. The molecule has 2 fully saturated rings. The molecule has 2 N–H and O–H groups in total. The average Bonchev–Trinajstić information content (AvgIpc) is 3.65. The summed E-state index contributed by atoms with van der Waals surface area (Å²) in [6, 6.07) is 2.74. The van der Waals surface area contributed by atoms with E-state index in [0.29, 0.717) is 63.1 Å². The number of hydrogen-bond acceptors (Lipinski definition) is 7. The maximum Gasteiger partial charge on any atom is 0.419 e. The highest BCUT2D eigenvalue weighted by atomic mass is 19.4. The zero-order valence-corrected chi connectivity index (χ0v) is 20.6. The first-order chi connectivity index (χ1) is 17.7. The monoisotopic (exact) mass is 521 g/mol. The van der Waals surface area contributed by atoms with Crippen LogP contribution in [-0.4, -0.2) is 65.2 Å². The van der Waals surface area contributed by atoms with Crippen LogP contribution < -0.4 is 10.2 Å². The van der Waals surface area contributed by atoms with Crippen LogP contribution in [-0.2, 0) is 11.0 Å². The molecule has 1 aliphatic heterocycles. The third kappa shape index (κ3) is 5.35. The number of nitrogens with zero attached hydrogens (tertiary/aromatic N) is 4. The summed E-state index contributed by atoms with van der Waals surface area (Å²) in [6.07, 6.45) is -0.904. The number of aliphatic hydroxyl groups excluding tert-OH is 1. The van der Waals surface area contributed by atoms with E-state index in [-0.39, 0.29) is 11.5 Å². The van der Waals surface area contributed by atoms with Crippen LogP contribution in [0.3, 0.4) is 0 Å². The lowest BCUT2D eigenvalue weighted by Crippen LogP contribution is -2.57. The van der Waals surface area contributed by atoms with E-state index in [9.17, 15) is 27.5 Å². The molecular weight excluding hydrogens is 490 g/mol. The van der Waals surface area contributed by atoms with Crippen molar-refractivity contribution in [3.8, 4) is 0 Å². The number of fused-ring (bicyclic) bond motifs is 1. The fraction of sp³-hybridized carbons (Fsp3) is 0.577. The molecule has 1 saturated carbocycles. The lowest BCUT2D eigenvalue weighted by molar-refractivity contribution is -0.140. The highest BCUT2D eigenvalue weighted by molar-refractivity contribution is 5.64. The molecule has 1 aromatic heterocycles. The topological polar surface area (TPSA) is 81.6 Å². The summed E-state index contributed by atoms with van der Waals surface area (Å²) < 4.78 is 53.6. The van der Waals surface area contributed by atoms with E-state index in [1.807, 2.05) is 6.92 Å². The molecule has 11 heteroatoms. The van der Waals surface area contributed by atoms with Crippen molar-refractivity contribution in [1.82, 2.24) is 20.2 Å². The van der Waals surface area contributed by atoms with E-state index in [1.54, 1.807) is 0 Å². The number of carbonyl (C=O) groups is 1. The van der Waals surface area contributed by atoms with Crippen LogP contribution in [0.2, 0.25) is 0 Å². The Morgan fingerprint density at radius 1 is 1.19 bits per heavy atom. The van der Waals surface area contributed by atoms with Crippen molar-refractivity contribution in [2.24, 2.45) is 5.92 Å². The van der Waals surface area contributed by atoms with Crippen molar-refractivity contribution in [2.75, 3.05) is 37.6 Å². The fourth-order valence-electron chi connectivity index (χ4n) is 5.56. The molecule has 4 atom stereocenters. The van der Waals surface area contributed by atoms with E-state index < -0.39 is 35.7 Å². The van der Waals surface area contributed by atoms with Crippen molar-refractivity contribution in [2.45, 2.75) is 56.5 Å². The van der Waals surface area contributed by atoms with Crippen LogP contribution >= 0.6 is 0 Å². The molecule has 7 nitrogen and oxygen atoms in total. The molecule has 2 unspecified atom stereocenters. The van der Waals surface area contributed by atoms with E-state index >= 15 is 0 Å². The predicted octanol–water partition coefficient (Wildman–Crippen LogP) is 3.61. The number of piperazine rings is 1. The number of hydrogen-bond donors (Lipinski definition) is 2. The fourth-order valence-corrected chi connectivity index (χ4v) is 5.56. The van der Waals surface area contributed by atoms with Gasteiger partial charge in [-0.2, -0.15) is 13.2 Å². The SMILES string of the molecule is C[C@@H]1C[C@H](O)c2ncnc(N3CCN(C(NCC4CC4)C(C=O)c4ccc(C(F)(F)F)c(F)c4)CC3)c21. The zero-order valence-electron chi connectivity index (χ0n) is 20.6. The number of aromatic nitrogens is 2. The molecule has 2 aliphatic carbocycles. The summed E-state index contributed by atoms with van der Waals surface area (Å²) in [5.41, 5.74) is 0.522. The van der Waals surface area contributed by atoms with Crippen LogP contribution in [0.25, 0.3) is 0 Å². The maximum atomic E-state index is 14.4. The molecule has 0 amide bonds. The standard InChI is InChI=1S/C26H31F4N5O2/c1-15-10-21(37)23-22(15)25(33-14-32-23)35-8-6-34(7-9-35)24(31-12-16-2-3-16)18(13-36)17-4-5-19(20(27)11-17)26(28,29)30/h4-5,11,13-16,18,21,24,31,37H,2-3,6-10,12H2,1H3/t15-,18?,21+,24?/m1/s1. The van der Waals surface area contributed by atoms with Crippen molar-refractivity contribution in [1.29, 1.82) is 0 Å². The van der Waals surface area contributed by atoms with Gasteiger partial charge in [0.05, 0.1) is 29.4 Å². The first-order valence-corrected chi connectivity index (χ1v) is 12.7. The third-order valence-electron chi connectivity index (χ3n) is 7.77. The molecule has 5 rings (SSSR count). The largest absolute Gasteiger partial charge is 0.419 e. The van der Waals surface area contributed by atoms with Crippen molar-refractivity contribution in [3.63, 3.8) is 0 Å². The van der Waals surface area contributed by atoms with Gasteiger partial charge in [0.2, 0.25) is 0 Å². The van der Waals surface area contributed by atoms with Gasteiger partial charge in [-0.05, 0) is 55.3 Å². The van der Waals surface area contributed by atoms with Gasteiger partial charge in [0, 0.05) is 31.7 Å². The number of aliphatic hydroxyl groups is 1. The Kier molecular flexibility index (Phi) is 7.21. The summed E-state index contributed by atoms with van der Waals surface area (Å²) in [5.74, 6) is -0.747. The summed E-state index contributed by atoms with van der Waals surface area (Å²) >= 11 is 0. The summed E-state index contributed by atoms with van der Waals surface area (Å²) in [7, 11) is 0. The minimum Gasteiger partial charge on any atom is -0.387 e. The Balaban J connectivity index is 1.35. The van der Waals surface area contributed by atoms with Crippen molar-refractivity contribution >= 4 is 12.1 Å². The average molecular weight is 522 g/mol. The smallest absolute Gasteiger partial charge is 0.387 e. The van der Waals surface area contributed by atoms with Crippen LogP contribution in [0, 0.1) is 11.7 Å². The Morgan fingerprint density at radius 2 is 1.92 bits per heavy atom. The number of alkyl halides is 3. The Morgan fingerprint density at radius 3 is 2.54 bits per heavy atom. The van der Waals surface area contributed by atoms with Crippen LogP contribution in [0.1, 0.15) is 66.5 Å². The van der Waals surface area contributed by atoms with Crippen LogP contribution in [0.5, 0.6) is 0 Å². The molecule has 0 radical (unpaired) electrons. The normalized spacial score (nSPS) is 24.1. The van der Waals surface area contributed by atoms with Gasteiger partial charge in [0.15, 0.2) is 0 Å². The van der Waals surface area contributed by atoms with Gasteiger partial charge >= 0.3 is 6.18 Å². The first-order valence-electron chi connectivity index (χ1n) is 12.7. The van der Waals surface area contributed by atoms with Crippen molar-refractivity contribution in [3.05, 3.63) is 52.7 Å². The second-order valence-corrected chi connectivity index (χ2v) is 10.4. The Bertz CT molecular complexity index is 1130. The number of anilines is 1. The van der Waals surface area contributed by atoms with Gasteiger partial charge in [-0.15, -0.1) is 0 Å². The number of rotatable bonds is 8. The quantitative estimate of drug-likeness (QED) is 0.406. The molecule has 2 heterocycles. The third-order valence-corrected chi connectivity index (χ3v) is 7.77. The number of benzene rings is 1. The molecule has 2 aromatic rings. The summed E-state index contributed by atoms with van der Waals surface area (Å²) in [6.45, 7) is 5.11. The highest BCUT2D eigenvalue weighted by Crippen LogP contribution is 2.43. The van der Waals surface area contributed by atoms with E-state index in [1.165, 1.54) is 12.4 Å². The lowest BCUT2D eigenvalue weighted by atomic mass is 9.94. The number of nitrogens with one attached hydrogen (secondary N) is 1. The second kappa shape index (κ2) is 10.3. The van der Waals surface area contributed by atoms with Crippen LogP contribution in [0.15, 0.2) is 24.5 Å². The summed E-state index contributed by atoms with van der Waals surface area (Å²) in [4.78, 5) is 25.3. The number of halogens is 4. The first kappa shape index (κ1) is 26.0. The highest BCUT2D eigenvalue weighted by Gasteiger charge is 2.38.